The van der Waals surface area contributed by atoms with Gasteiger partial charge in [0, 0.05) is 33.0 Å². The van der Waals surface area contributed by atoms with Crippen LogP contribution >= 0.6 is 0 Å². The molecule has 11 rings (SSSR count). The Balaban J connectivity index is 1.01. The Kier molecular flexibility index (Phi) is 7.46. The fourth-order valence-corrected chi connectivity index (χ4v) is 8.07. The number of furan rings is 1. The molecule has 0 amide bonds. The molecule has 0 radical (unpaired) electrons. The molecule has 262 valence electrons. The Hall–Kier alpha value is -7.56. The third kappa shape index (κ3) is 5.39. The lowest BCUT2D eigenvalue weighted by Gasteiger charge is -2.09. The average Bonchev–Trinajstić information content (AvgIpc) is 3.82. The molecule has 0 saturated heterocycles. The van der Waals surface area contributed by atoms with Crippen LogP contribution in [0.3, 0.4) is 0 Å². The Morgan fingerprint density at radius 3 is 1.68 bits per heavy atom. The van der Waals surface area contributed by atoms with E-state index in [-0.39, 0.29) is 0 Å². The molecule has 0 fully saturated rings. The van der Waals surface area contributed by atoms with Crippen molar-refractivity contribution in [3.8, 4) is 61.7 Å². The summed E-state index contributed by atoms with van der Waals surface area (Å²) in [5.74, 6) is 0.670. The quantitative estimate of drug-likeness (QED) is 0.172. The molecule has 0 bridgehead atoms. The molecule has 0 atom stereocenters. The van der Waals surface area contributed by atoms with E-state index in [2.05, 4.69) is 180 Å². The number of rotatable bonds is 6. The van der Waals surface area contributed by atoms with Crippen molar-refractivity contribution in [2.75, 3.05) is 0 Å². The highest BCUT2D eigenvalue weighted by Gasteiger charge is 2.19. The van der Waals surface area contributed by atoms with Gasteiger partial charge in [-0.15, -0.1) is 0 Å². The maximum atomic E-state index is 6.72. The van der Waals surface area contributed by atoms with Crippen molar-refractivity contribution in [2.45, 2.75) is 0 Å². The Morgan fingerprint density at radius 2 is 0.911 bits per heavy atom. The van der Waals surface area contributed by atoms with E-state index in [1.165, 1.54) is 32.9 Å². The van der Waals surface area contributed by atoms with Crippen LogP contribution in [0, 0.1) is 0 Å². The minimum Gasteiger partial charge on any atom is -0.452 e. The highest BCUT2D eigenvalue weighted by atomic mass is 16.3. The molecule has 0 unspecified atom stereocenters. The molecule has 0 saturated carbocycles. The molecular weight excluding hydrogens is 683 g/mol. The van der Waals surface area contributed by atoms with Gasteiger partial charge < -0.3 is 8.98 Å². The second-order valence-corrected chi connectivity index (χ2v) is 14.2. The van der Waals surface area contributed by atoms with E-state index in [1.807, 2.05) is 24.3 Å². The van der Waals surface area contributed by atoms with Gasteiger partial charge in [-0.05, 0) is 81.9 Å². The molecule has 8 aromatic carbocycles. The monoisotopic (exact) mass is 715 g/mol. The van der Waals surface area contributed by atoms with Crippen LogP contribution in [-0.2, 0) is 0 Å². The molecule has 0 spiro atoms. The van der Waals surface area contributed by atoms with Crippen LogP contribution in [0.15, 0.2) is 205 Å². The maximum absolute atomic E-state index is 6.72. The molecule has 3 heterocycles. The molecule has 0 aliphatic rings. The molecule has 4 heteroatoms. The van der Waals surface area contributed by atoms with E-state index in [1.54, 1.807) is 0 Å². The minimum absolute atomic E-state index is 0.670. The first-order chi connectivity index (χ1) is 27.7. The second kappa shape index (κ2) is 13.1. The van der Waals surface area contributed by atoms with Gasteiger partial charge in [0.25, 0.3) is 0 Å². The molecule has 11 aromatic rings. The molecule has 0 N–H and O–H groups in total. The summed E-state index contributed by atoms with van der Waals surface area (Å²) >= 11 is 0. The SMILES string of the molecule is c1ccc(-c2ccc(-c3nc(-c4ccccc4)nc4c3oc3cc(-c5cccc(-c6ccc7c(c6)c6ccccc6n7-c6ccccc6)c5)ccc34)cc2)cc1. The largest absolute Gasteiger partial charge is 0.452 e. The fraction of sp³-hybridized carbons (Fsp3) is 0. The van der Waals surface area contributed by atoms with Gasteiger partial charge in [-0.2, -0.15) is 0 Å². The summed E-state index contributed by atoms with van der Waals surface area (Å²) in [6.07, 6.45) is 0. The average molecular weight is 716 g/mol. The lowest BCUT2D eigenvalue weighted by Crippen LogP contribution is -1.93. The van der Waals surface area contributed by atoms with E-state index in [0.717, 1.165) is 61.2 Å². The predicted molar refractivity (Wildman–Crippen MR) is 231 cm³/mol. The highest BCUT2D eigenvalue weighted by molar-refractivity contribution is 6.11. The lowest BCUT2D eigenvalue weighted by atomic mass is 9.97. The van der Waals surface area contributed by atoms with Crippen LogP contribution < -0.4 is 0 Å². The summed E-state index contributed by atoms with van der Waals surface area (Å²) in [6, 6.07) is 70.4. The van der Waals surface area contributed by atoms with Crippen molar-refractivity contribution in [3.63, 3.8) is 0 Å². The number of fused-ring (bicyclic) bond motifs is 6. The summed E-state index contributed by atoms with van der Waals surface area (Å²) in [5, 5.41) is 3.43. The first-order valence-electron chi connectivity index (χ1n) is 18.9. The molecule has 56 heavy (non-hydrogen) atoms. The van der Waals surface area contributed by atoms with Crippen LogP contribution in [0.25, 0.3) is 106 Å². The van der Waals surface area contributed by atoms with Gasteiger partial charge in [-0.25, -0.2) is 9.97 Å². The Morgan fingerprint density at radius 1 is 0.357 bits per heavy atom. The lowest BCUT2D eigenvalue weighted by molar-refractivity contribution is 0.667. The van der Waals surface area contributed by atoms with Gasteiger partial charge in [0.1, 0.15) is 16.8 Å². The van der Waals surface area contributed by atoms with Crippen molar-refractivity contribution >= 4 is 43.9 Å². The zero-order valence-corrected chi connectivity index (χ0v) is 30.3. The molecule has 0 aliphatic heterocycles. The van der Waals surface area contributed by atoms with Gasteiger partial charge >= 0.3 is 0 Å². The van der Waals surface area contributed by atoms with Gasteiger partial charge in [-0.3, -0.25) is 0 Å². The zero-order valence-electron chi connectivity index (χ0n) is 30.3. The van der Waals surface area contributed by atoms with Gasteiger partial charge in [0.2, 0.25) is 0 Å². The normalized spacial score (nSPS) is 11.6. The molecule has 3 aromatic heterocycles. The first kappa shape index (κ1) is 31.9. The van der Waals surface area contributed by atoms with Crippen LogP contribution in [0.5, 0.6) is 0 Å². The Bertz CT molecular complexity index is 3220. The summed E-state index contributed by atoms with van der Waals surface area (Å²) in [5.41, 5.74) is 15.4. The number of hydrogen-bond acceptors (Lipinski definition) is 3. The summed E-state index contributed by atoms with van der Waals surface area (Å²) < 4.78 is 9.07. The summed E-state index contributed by atoms with van der Waals surface area (Å²) in [4.78, 5) is 10.2. The van der Waals surface area contributed by atoms with Crippen molar-refractivity contribution in [1.29, 1.82) is 0 Å². The van der Waals surface area contributed by atoms with E-state index >= 15 is 0 Å². The third-order valence-corrected chi connectivity index (χ3v) is 10.8. The number of para-hydroxylation sites is 2. The van der Waals surface area contributed by atoms with Crippen LogP contribution in [-0.4, -0.2) is 14.5 Å². The second-order valence-electron chi connectivity index (χ2n) is 14.2. The molecule has 0 aliphatic carbocycles. The van der Waals surface area contributed by atoms with E-state index in [0.29, 0.717) is 11.4 Å². The fourth-order valence-electron chi connectivity index (χ4n) is 8.07. The van der Waals surface area contributed by atoms with Gasteiger partial charge in [-0.1, -0.05) is 152 Å². The molecular formula is C52H33N3O. The third-order valence-electron chi connectivity index (χ3n) is 10.8. The summed E-state index contributed by atoms with van der Waals surface area (Å²) in [7, 11) is 0. The number of benzene rings is 8. The summed E-state index contributed by atoms with van der Waals surface area (Å²) in [6.45, 7) is 0. The minimum atomic E-state index is 0.670. The maximum Gasteiger partial charge on any atom is 0.180 e. The zero-order chi connectivity index (χ0) is 37.0. The number of hydrogen-bond donors (Lipinski definition) is 0. The van der Waals surface area contributed by atoms with E-state index in [4.69, 9.17) is 14.4 Å². The van der Waals surface area contributed by atoms with Crippen molar-refractivity contribution < 1.29 is 4.42 Å². The molecule has 4 nitrogen and oxygen atoms in total. The van der Waals surface area contributed by atoms with Gasteiger partial charge in [0.15, 0.2) is 11.4 Å². The van der Waals surface area contributed by atoms with Gasteiger partial charge in [0.05, 0.1) is 11.0 Å². The van der Waals surface area contributed by atoms with Crippen molar-refractivity contribution in [2.24, 2.45) is 0 Å². The predicted octanol–water partition coefficient (Wildman–Crippen LogP) is 13.8. The topological polar surface area (TPSA) is 43.9 Å². The first-order valence-corrected chi connectivity index (χ1v) is 18.9. The van der Waals surface area contributed by atoms with Crippen molar-refractivity contribution in [3.05, 3.63) is 200 Å². The number of aromatic nitrogens is 3. The Labute approximate surface area is 323 Å². The standard InChI is InChI=1S/C52H33N3O/c1-4-13-34(14-5-1)35-23-25-36(26-24-35)49-51-50(54-52(53-49)37-15-6-2-7-16-37)44-29-27-41(33-48(44)56-51)39-18-12-17-38(31-39)40-28-30-47-45(32-40)43-21-10-11-22-46(43)55(47)42-19-8-3-9-20-42/h1-33H. The van der Waals surface area contributed by atoms with Crippen LogP contribution in [0.2, 0.25) is 0 Å². The van der Waals surface area contributed by atoms with Crippen LogP contribution in [0.1, 0.15) is 0 Å². The van der Waals surface area contributed by atoms with E-state index in [9.17, 15) is 0 Å². The van der Waals surface area contributed by atoms with E-state index < -0.39 is 0 Å². The smallest absolute Gasteiger partial charge is 0.180 e. The number of nitrogens with zero attached hydrogens (tertiary/aromatic N) is 3. The highest BCUT2D eigenvalue weighted by Crippen LogP contribution is 2.39. The van der Waals surface area contributed by atoms with Crippen molar-refractivity contribution in [1.82, 2.24) is 14.5 Å². The van der Waals surface area contributed by atoms with Crippen LogP contribution in [0.4, 0.5) is 0 Å².